The molecule has 0 spiro atoms. The van der Waals surface area contributed by atoms with Gasteiger partial charge in [-0.25, -0.2) is 13.8 Å². The lowest BCUT2D eigenvalue weighted by Crippen LogP contribution is -2.28. The zero-order valence-electron chi connectivity index (χ0n) is 11.4. The lowest BCUT2D eigenvalue weighted by atomic mass is 10.2. The predicted octanol–water partition coefficient (Wildman–Crippen LogP) is 3.92. The number of imidazole rings is 1. The molecule has 0 amide bonds. The predicted molar refractivity (Wildman–Crippen MR) is 69.2 cm³/mol. The van der Waals surface area contributed by atoms with E-state index in [-0.39, 0.29) is 23.5 Å². The zero-order valence-corrected chi connectivity index (χ0v) is 11.4. The Hall–Kier alpha value is -2.10. The first-order valence-corrected chi connectivity index (χ1v) is 6.34. The largest absolute Gasteiger partial charge is 0.364 e. The maximum Gasteiger partial charge on any atom is 0.364 e. The van der Waals surface area contributed by atoms with Crippen LogP contribution in [-0.4, -0.2) is 16.0 Å². The molecule has 1 heterocycles. The molecule has 0 atom stereocenters. The first-order chi connectivity index (χ1) is 9.77. The minimum Gasteiger partial charge on any atom is -0.322 e. The normalized spacial score (nSPS) is 12.3. The van der Waals surface area contributed by atoms with E-state index >= 15 is 0 Å². The summed E-state index contributed by atoms with van der Waals surface area (Å²) in [6.45, 7) is 3.72. The first-order valence-electron chi connectivity index (χ1n) is 6.34. The molecule has 1 aromatic carbocycles. The van der Waals surface area contributed by atoms with Gasteiger partial charge in [-0.3, -0.25) is 0 Å². The molecular weight excluding hydrogens is 286 g/mol. The van der Waals surface area contributed by atoms with Crippen molar-refractivity contribution in [2.24, 2.45) is 5.92 Å². The van der Waals surface area contributed by atoms with Crippen molar-refractivity contribution in [2.45, 2.75) is 32.7 Å². The molecule has 0 aliphatic rings. The third kappa shape index (κ3) is 2.71. The Morgan fingerprint density at radius 1 is 1.33 bits per heavy atom. The molecule has 0 aliphatic carbocycles. The van der Waals surface area contributed by atoms with Crippen LogP contribution in [0.2, 0.25) is 0 Å². The number of benzene rings is 1. The second kappa shape index (κ2) is 5.35. The van der Waals surface area contributed by atoms with Gasteiger partial charge >= 0.3 is 12.3 Å². The van der Waals surface area contributed by atoms with Crippen LogP contribution < -0.4 is 0 Å². The van der Waals surface area contributed by atoms with Crippen LogP contribution in [0.5, 0.6) is 0 Å². The van der Waals surface area contributed by atoms with E-state index in [1.54, 1.807) is 13.8 Å². The van der Waals surface area contributed by atoms with Gasteiger partial charge in [-0.1, -0.05) is 13.8 Å². The van der Waals surface area contributed by atoms with Crippen LogP contribution in [0.4, 0.5) is 17.6 Å². The molecule has 0 bridgehead atoms. The molecule has 0 N–H and O–H groups in total. The van der Waals surface area contributed by atoms with Crippen molar-refractivity contribution in [2.75, 3.05) is 0 Å². The summed E-state index contributed by atoms with van der Waals surface area (Å²) in [5.74, 6) is -5.32. The van der Waals surface area contributed by atoms with Crippen molar-refractivity contribution in [1.82, 2.24) is 9.55 Å². The summed E-state index contributed by atoms with van der Waals surface area (Å²) in [4.78, 5) is 3.65. The van der Waals surface area contributed by atoms with Crippen LogP contribution in [0.15, 0.2) is 18.2 Å². The smallest absolute Gasteiger partial charge is 0.322 e. The van der Waals surface area contributed by atoms with E-state index in [4.69, 9.17) is 5.26 Å². The summed E-state index contributed by atoms with van der Waals surface area (Å²) in [6.07, 6.45) is -3.84. The summed E-state index contributed by atoms with van der Waals surface area (Å²) < 4.78 is 53.8. The van der Waals surface area contributed by atoms with Gasteiger partial charge in [-0.2, -0.15) is 14.0 Å². The molecule has 0 saturated heterocycles. The van der Waals surface area contributed by atoms with Gasteiger partial charge in [0, 0.05) is 6.54 Å². The van der Waals surface area contributed by atoms with Gasteiger partial charge in [0.15, 0.2) is 5.82 Å². The number of hydrogen-bond acceptors (Lipinski definition) is 2. The van der Waals surface area contributed by atoms with Crippen LogP contribution in [0.3, 0.4) is 0 Å². The monoisotopic (exact) mass is 299 g/mol. The average molecular weight is 299 g/mol. The molecular formula is C14H13F4N3. The minimum absolute atomic E-state index is 0.0229. The van der Waals surface area contributed by atoms with E-state index in [2.05, 4.69) is 4.98 Å². The molecule has 2 rings (SSSR count). The maximum atomic E-state index is 13.7. The molecule has 0 aliphatic heterocycles. The molecule has 112 valence electrons. The van der Waals surface area contributed by atoms with E-state index in [9.17, 15) is 17.6 Å². The molecule has 7 heteroatoms. The van der Waals surface area contributed by atoms with Crippen LogP contribution in [0, 0.1) is 17.2 Å². The van der Waals surface area contributed by atoms with Crippen LogP contribution in [0.1, 0.15) is 25.2 Å². The lowest BCUT2D eigenvalue weighted by molar-refractivity contribution is -0.142. The van der Waals surface area contributed by atoms with Crippen molar-refractivity contribution >= 4 is 11.0 Å². The lowest BCUT2D eigenvalue weighted by Gasteiger charge is -2.18. The third-order valence-corrected chi connectivity index (χ3v) is 3.00. The van der Waals surface area contributed by atoms with E-state index in [1.807, 2.05) is 6.07 Å². The fourth-order valence-electron chi connectivity index (χ4n) is 2.10. The highest BCUT2D eigenvalue weighted by atomic mass is 19.3. The zero-order chi connectivity index (χ0) is 15.8. The summed E-state index contributed by atoms with van der Waals surface area (Å²) in [6, 6.07) is 6.08. The van der Waals surface area contributed by atoms with Crippen molar-refractivity contribution in [3.8, 4) is 6.07 Å². The molecule has 21 heavy (non-hydrogen) atoms. The summed E-state index contributed by atoms with van der Waals surface area (Å²) >= 11 is 0. The molecule has 0 unspecified atom stereocenters. The second-order valence-corrected chi connectivity index (χ2v) is 5.18. The Morgan fingerprint density at radius 2 is 2.00 bits per heavy atom. The van der Waals surface area contributed by atoms with E-state index in [1.165, 1.54) is 18.2 Å². The van der Waals surface area contributed by atoms with Gasteiger partial charge in [-0.15, -0.1) is 0 Å². The molecule has 0 fully saturated rings. The van der Waals surface area contributed by atoms with Gasteiger partial charge in [-0.05, 0) is 24.1 Å². The highest BCUT2D eigenvalue weighted by Gasteiger charge is 2.47. The molecule has 0 radical (unpaired) electrons. The molecule has 2 aromatic rings. The first kappa shape index (κ1) is 15.3. The van der Waals surface area contributed by atoms with Gasteiger partial charge in [0.05, 0.1) is 22.7 Å². The van der Waals surface area contributed by atoms with Gasteiger partial charge in [0.25, 0.3) is 0 Å². The highest BCUT2D eigenvalue weighted by Crippen LogP contribution is 2.36. The number of aromatic nitrogens is 2. The topological polar surface area (TPSA) is 41.6 Å². The third-order valence-electron chi connectivity index (χ3n) is 3.00. The molecule has 0 saturated carbocycles. The number of hydrogen-bond donors (Lipinski definition) is 0. The quantitative estimate of drug-likeness (QED) is 0.803. The van der Waals surface area contributed by atoms with Crippen LogP contribution >= 0.6 is 0 Å². The van der Waals surface area contributed by atoms with E-state index < -0.39 is 18.2 Å². The van der Waals surface area contributed by atoms with Gasteiger partial charge in [0.1, 0.15) is 0 Å². The van der Waals surface area contributed by atoms with Crippen molar-refractivity contribution < 1.29 is 17.6 Å². The fourth-order valence-corrected chi connectivity index (χ4v) is 2.10. The molecule has 1 aromatic heterocycles. The summed E-state index contributed by atoms with van der Waals surface area (Å²) in [5, 5.41) is 8.81. The van der Waals surface area contributed by atoms with Crippen LogP contribution in [-0.2, 0) is 12.5 Å². The van der Waals surface area contributed by atoms with Crippen molar-refractivity contribution in [3.05, 3.63) is 29.6 Å². The minimum atomic E-state index is -4.33. The Morgan fingerprint density at radius 3 is 2.52 bits per heavy atom. The van der Waals surface area contributed by atoms with E-state index in [0.717, 1.165) is 4.57 Å². The number of nitrogens with zero attached hydrogens (tertiary/aromatic N) is 3. The number of halogens is 4. The van der Waals surface area contributed by atoms with Gasteiger partial charge in [0.2, 0.25) is 0 Å². The summed E-state index contributed by atoms with van der Waals surface area (Å²) in [7, 11) is 0. The fraction of sp³-hybridized carbons (Fsp3) is 0.429. The summed E-state index contributed by atoms with van der Waals surface area (Å²) in [5.41, 5.74) is 0.673. The number of nitriles is 1. The Labute approximate surface area is 118 Å². The Kier molecular flexibility index (Phi) is 3.90. The average Bonchev–Trinajstić information content (AvgIpc) is 2.76. The molecule has 3 nitrogen and oxygen atoms in total. The van der Waals surface area contributed by atoms with Gasteiger partial charge < -0.3 is 4.57 Å². The van der Waals surface area contributed by atoms with E-state index in [0.29, 0.717) is 5.52 Å². The highest BCUT2D eigenvalue weighted by molar-refractivity contribution is 5.78. The Bertz CT molecular complexity index is 698. The Balaban J connectivity index is 2.71. The number of alkyl halides is 4. The van der Waals surface area contributed by atoms with Crippen LogP contribution in [0.25, 0.3) is 11.0 Å². The number of fused-ring (bicyclic) bond motifs is 1. The second-order valence-electron chi connectivity index (χ2n) is 5.18. The maximum absolute atomic E-state index is 13.7. The standard InChI is InChI=1S/C14H13F4N3/c1-8(2)7-21-11-4-3-9(6-19)5-10(11)20-13(21)14(17,18)12(15)16/h3-5,8,12H,7H2,1-2H3. The van der Waals surface area contributed by atoms with Crippen molar-refractivity contribution in [3.63, 3.8) is 0 Å². The number of rotatable bonds is 4. The SMILES string of the molecule is CC(C)Cn1c(C(F)(F)C(F)F)nc2cc(C#N)ccc21. The van der Waals surface area contributed by atoms with Crippen molar-refractivity contribution in [1.29, 1.82) is 5.26 Å².